The third-order valence-electron chi connectivity index (χ3n) is 3.23. The van der Waals surface area contributed by atoms with Gasteiger partial charge in [-0.3, -0.25) is 9.59 Å². The molecule has 0 bridgehead atoms. The van der Waals surface area contributed by atoms with Crippen molar-refractivity contribution in [2.24, 2.45) is 0 Å². The molecule has 0 aromatic heterocycles. The molecule has 2 amide bonds. The number of anilines is 1. The van der Waals surface area contributed by atoms with Crippen LogP contribution < -0.4 is 10.6 Å². The highest BCUT2D eigenvalue weighted by molar-refractivity contribution is 5.99. The molecule has 0 fully saturated rings. The minimum absolute atomic E-state index is 0.189. The maximum absolute atomic E-state index is 11.8. The Hall–Kier alpha value is -1.88. The molecule has 0 spiro atoms. The Balaban J connectivity index is 2.49. The average Bonchev–Trinajstić information content (AvgIpc) is 2.26. The molecule has 1 aromatic carbocycles. The molecule has 18 heavy (non-hydrogen) atoms. The number of nitrogens with one attached hydrogen (secondary N) is 2. The lowest BCUT2D eigenvalue weighted by Crippen LogP contribution is -2.52. The zero-order valence-electron chi connectivity index (χ0n) is 10.6. The van der Waals surface area contributed by atoms with Crippen LogP contribution in [0.25, 0.3) is 0 Å². The van der Waals surface area contributed by atoms with Crippen LogP contribution in [0.4, 0.5) is 5.69 Å². The van der Waals surface area contributed by atoms with Gasteiger partial charge in [0.05, 0.1) is 0 Å². The summed E-state index contributed by atoms with van der Waals surface area (Å²) in [6.07, 6.45) is -0.913. The Morgan fingerprint density at radius 2 is 2.11 bits per heavy atom. The molecule has 0 aliphatic carbocycles. The quantitative estimate of drug-likeness (QED) is 0.693. The monoisotopic (exact) mass is 248 g/mol. The lowest BCUT2D eigenvalue weighted by molar-refractivity contribution is -0.114. The van der Waals surface area contributed by atoms with E-state index in [1.165, 1.54) is 6.92 Å². The highest BCUT2D eigenvalue weighted by atomic mass is 16.3. The summed E-state index contributed by atoms with van der Waals surface area (Å²) in [7, 11) is 0. The molecule has 96 valence electrons. The summed E-state index contributed by atoms with van der Waals surface area (Å²) < 4.78 is 0. The van der Waals surface area contributed by atoms with Gasteiger partial charge < -0.3 is 15.7 Å². The minimum atomic E-state index is -0.913. The maximum Gasteiger partial charge on any atom is 0.253 e. The maximum atomic E-state index is 11.8. The van der Waals surface area contributed by atoms with Gasteiger partial charge in [0.15, 0.2) is 0 Å². The van der Waals surface area contributed by atoms with Crippen LogP contribution in [0.5, 0.6) is 0 Å². The summed E-state index contributed by atoms with van der Waals surface area (Å²) >= 11 is 0. The van der Waals surface area contributed by atoms with Crippen LogP contribution in [0.3, 0.4) is 0 Å². The predicted molar refractivity (Wildman–Crippen MR) is 67.2 cm³/mol. The van der Waals surface area contributed by atoms with E-state index in [1.807, 2.05) is 13.8 Å². The number of amides is 2. The SMILES string of the molecule is CC(=O)Nc1ccc2c(c1)C(=O)NC(O)C2(C)C. The fourth-order valence-corrected chi connectivity index (χ4v) is 2.10. The third kappa shape index (κ3) is 1.97. The molecule has 5 heteroatoms. The molecule has 0 radical (unpaired) electrons. The van der Waals surface area contributed by atoms with E-state index in [9.17, 15) is 14.7 Å². The van der Waals surface area contributed by atoms with Gasteiger partial charge in [0, 0.05) is 23.6 Å². The Morgan fingerprint density at radius 3 is 2.72 bits per heavy atom. The fourth-order valence-electron chi connectivity index (χ4n) is 2.10. The molecule has 1 aromatic rings. The highest BCUT2D eigenvalue weighted by Gasteiger charge is 2.38. The first-order valence-corrected chi connectivity index (χ1v) is 5.73. The lowest BCUT2D eigenvalue weighted by Gasteiger charge is -2.37. The largest absolute Gasteiger partial charge is 0.373 e. The standard InChI is InChI=1S/C13H16N2O3/c1-7(16)14-8-4-5-10-9(6-8)11(17)15-12(18)13(10,2)3/h4-6,12,18H,1-3H3,(H,14,16)(H,15,17). The van der Waals surface area contributed by atoms with Gasteiger partial charge in [0.2, 0.25) is 5.91 Å². The van der Waals surface area contributed by atoms with Crippen LogP contribution in [0.15, 0.2) is 18.2 Å². The minimum Gasteiger partial charge on any atom is -0.373 e. The fraction of sp³-hybridized carbons (Fsp3) is 0.385. The number of carbonyl (C=O) groups is 2. The summed E-state index contributed by atoms with van der Waals surface area (Å²) in [5, 5.41) is 15.0. The second kappa shape index (κ2) is 4.10. The van der Waals surface area contributed by atoms with E-state index >= 15 is 0 Å². The van der Waals surface area contributed by atoms with Crippen molar-refractivity contribution < 1.29 is 14.7 Å². The van der Waals surface area contributed by atoms with Crippen molar-refractivity contribution in [2.45, 2.75) is 32.4 Å². The van der Waals surface area contributed by atoms with Crippen LogP contribution in [0.1, 0.15) is 36.7 Å². The van der Waals surface area contributed by atoms with Gasteiger partial charge in [0.25, 0.3) is 5.91 Å². The number of hydrogen-bond acceptors (Lipinski definition) is 3. The second-order valence-electron chi connectivity index (χ2n) is 5.04. The Morgan fingerprint density at radius 1 is 1.44 bits per heavy atom. The smallest absolute Gasteiger partial charge is 0.253 e. The predicted octanol–water partition coefficient (Wildman–Crippen LogP) is 0.984. The Labute approximate surface area is 105 Å². The summed E-state index contributed by atoms with van der Waals surface area (Å²) in [5.74, 6) is -0.519. The average molecular weight is 248 g/mol. The number of hydrogen-bond donors (Lipinski definition) is 3. The Kier molecular flexibility index (Phi) is 2.86. The van der Waals surface area contributed by atoms with Crippen molar-refractivity contribution in [3.63, 3.8) is 0 Å². The molecule has 2 rings (SSSR count). The van der Waals surface area contributed by atoms with E-state index < -0.39 is 11.6 Å². The van der Waals surface area contributed by atoms with Crippen LogP contribution in [-0.2, 0) is 10.2 Å². The van der Waals surface area contributed by atoms with Crippen LogP contribution in [-0.4, -0.2) is 23.1 Å². The van der Waals surface area contributed by atoms with Crippen molar-refractivity contribution in [2.75, 3.05) is 5.32 Å². The van der Waals surface area contributed by atoms with Crippen LogP contribution in [0.2, 0.25) is 0 Å². The van der Waals surface area contributed by atoms with Crippen molar-refractivity contribution >= 4 is 17.5 Å². The Bertz CT molecular complexity index is 523. The van der Waals surface area contributed by atoms with E-state index in [2.05, 4.69) is 10.6 Å². The lowest BCUT2D eigenvalue weighted by atomic mass is 9.77. The van der Waals surface area contributed by atoms with Crippen molar-refractivity contribution in [3.8, 4) is 0 Å². The molecule has 0 saturated heterocycles. The molecule has 3 N–H and O–H groups in total. The number of fused-ring (bicyclic) bond motifs is 1. The molecule has 1 aliphatic rings. The van der Waals surface area contributed by atoms with Crippen molar-refractivity contribution in [1.82, 2.24) is 5.32 Å². The topological polar surface area (TPSA) is 78.4 Å². The first-order chi connectivity index (χ1) is 8.32. The molecule has 1 heterocycles. The highest BCUT2D eigenvalue weighted by Crippen LogP contribution is 2.34. The van der Waals surface area contributed by atoms with Gasteiger partial charge in [0.1, 0.15) is 6.23 Å². The van der Waals surface area contributed by atoms with Gasteiger partial charge in [-0.1, -0.05) is 19.9 Å². The van der Waals surface area contributed by atoms with Gasteiger partial charge in [-0.2, -0.15) is 0 Å². The first kappa shape index (κ1) is 12.6. The normalized spacial score (nSPS) is 20.9. The molecule has 0 saturated carbocycles. The van der Waals surface area contributed by atoms with Crippen LogP contribution in [0, 0.1) is 0 Å². The van der Waals surface area contributed by atoms with E-state index in [1.54, 1.807) is 18.2 Å². The summed E-state index contributed by atoms with van der Waals surface area (Å²) in [6.45, 7) is 5.12. The number of aliphatic hydroxyl groups is 1. The molecule has 5 nitrogen and oxygen atoms in total. The van der Waals surface area contributed by atoms with Crippen molar-refractivity contribution in [3.05, 3.63) is 29.3 Å². The molecule has 1 unspecified atom stereocenters. The van der Waals surface area contributed by atoms with E-state index in [0.29, 0.717) is 11.3 Å². The molecule has 1 aliphatic heterocycles. The van der Waals surface area contributed by atoms with E-state index in [0.717, 1.165) is 5.56 Å². The number of aliphatic hydroxyl groups excluding tert-OH is 1. The van der Waals surface area contributed by atoms with E-state index in [-0.39, 0.29) is 11.8 Å². The van der Waals surface area contributed by atoms with E-state index in [4.69, 9.17) is 0 Å². The van der Waals surface area contributed by atoms with Gasteiger partial charge in [-0.05, 0) is 17.7 Å². The number of carbonyl (C=O) groups excluding carboxylic acids is 2. The molecular weight excluding hydrogens is 232 g/mol. The number of rotatable bonds is 1. The van der Waals surface area contributed by atoms with Gasteiger partial charge in [-0.15, -0.1) is 0 Å². The first-order valence-electron chi connectivity index (χ1n) is 5.73. The van der Waals surface area contributed by atoms with Gasteiger partial charge >= 0.3 is 0 Å². The second-order valence-corrected chi connectivity index (χ2v) is 5.04. The molecular formula is C13H16N2O3. The number of benzene rings is 1. The zero-order valence-corrected chi connectivity index (χ0v) is 10.6. The summed E-state index contributed by atoms with van der Waals surface area (Å²) in [4.78, 5) is 22.8. The third-order valence-corrected chi connectivity index (χ3v) is 3.23. The summed E-state index contributed by atoms with van der Waals surface area (Å²) in [6, 6.07) is 5.12. The van der Waals surface area contributed by atoms with Crippen molar-refractivity contribution in [1.29, 1.82) is 0 Å². The van der Waals surface area contributed by atoms with Crippen LogP contribution >= 0.6 is 0 Å². The summed E-state index contributed by atoms with van der Waals surface area (Å²) in [5.41, 5.74) is 1.27. The zero-order chi connectivity index (χ0) is 13.5. The molecule has 1 atom stereocenters. The van der Waals surface area contributed by atoms with Gasteiger partial charge in [-0.25, -0.2) is 0 Å².